The maximum atomic E-state index is 9.43. The molecule has 182 valence electrons. The predicted molar refractivity (Wildman–Crippen MR) is 134 cm³/mol. The van der Waals surface area contributed by atoms with Gasteiger partial charge in [0.05, 0.1) is 18.8 Å². The summed E-state index contributed by atoms with van der Waals surface area (Å²) in [7, 11) is 0. The fourth-order valence-electron chi connectivity index (χ4n) is 4.71. The number of rotatable bonds is 25. The molecule has 0 aromatic heterocycles. The fourth-order valence-corrected chi connectivity index (χ4v) is 4.71. The van der Waals surface area contributed by atoms with Gasteiger partial charge in [-0.05, 0) is 19.3 Å². The molecule has 2 nitrogen and oxygen atoms in total. The summed E-state index contributed by atoms with van der Waals surface area (Å²) >= 11 is 0. The Kier molecular flexibility index (Phi) is 23.5. The first-order valence-corrected chi connectivity index (χ1v) is 14.0. The number of aliphatic hydroxyl groups excluding tert-OH is 1. The minimum atomic E-state index is 0.0294. The van der Waals surface area contributed by atoms with Crippen LogP contribution in [-0.4, -0.2) is 23.9 Å². The summed E-state index contributed by atoms with van der Waals surface area (Å²) in [5.74, 6) is 0. The number of unbranched alkanes of at least 4 members (excludes halogenated alkanes) is 16. The van der Waals surface area contributed by atoms with Crippen molar-refractivity contribution in [1.82, 2.24) is 0 Å². The Morgan fingerprint density at radius 2 is 0.767 bits per heavy atom. The lowest BCUT2D eigenvalue weighted by molar-refractivity contribution is -0.0784. The maximum absolute atomic E-state index is 9.43. The zero-order valence-corrected chi connectivity index (χ0v) is 21.3. The Labute approximate surface area is 191 Å². The van der Waals surface area contributed by atoms with Crippen molar-refractivity contribution in [3.8, 4) is 0 Å². The average Bonchev–Trinajstić information content (AvgIpc) is 2.76. The molecule has 0 aliphatic carbocycles. The monoisotopic (exact) mass is 426 g/mol. The highest BCUT2D eigenvalue weighted by molar-refractivity contribution is 4.81. The molecule has 0 aliphatic rings. The van der Waals surface area contributed by atoms with E-state index in [2.05, 4.69) is 20.8 Å². The van der Waals surface area contributed by atoms with E-state index in [0.29, 0.717) is 6.61 Å². The largest absolute Gasteiger partial charge is 0.394 e. The van der Waals surface area contributed by atoms with Crippen LogP contribution in [0.25, 0.3) is 0 Å². The molecule has 0 radical (unpaired) electrons. The van der Waals surface area contributed by atoms with Gasteiger partial charge in [-0.1, -0.05) is 143 Å². The van der Waals surface area contributed by atoms with E-state index in [1.165, 1.54) is 141 Å². The van der Waals surface area contributed by atoms with Crippen LogP contribution < -0.4 is 0 Å². The van der Waals surface area contributed by atoms with Crippen molar-refractivity contribution in [2.24, 2.45) is 0 Å². The minimum absolute atomic E-state index is 0.0294. The standard InChI is InChI=1S/C28H58O2/c1-4-7-10-13-16-19-22-25-28(30-27-26-29,23-20-17-14-11-8-5-2)24-21-18-15-12-9-6-3/h29H,4-27H2,1-3H3. The molecular weight excluding hydrogens is 368 g/mol. The Morgan fingerprint density at radius 3 is 1.07 bits per heavy atom. The second kappa shape index (κ2) is 23.6. The van der Waals surface area contributed by atoms with Gasteiger partial charge in [0.1, 0.15) is 0 Å². The van der Waals surface area contributed by atoms with Crippen molar-refractivity contribution < 1.29 is 9.84 Å². The summed E-state index contributed by atoms with van der Waals surface area (Å²) in [5.41, 5.74) is 0.0294. The third kappa shape index (κ3) is 18.7. The second-order valence-corrected chi connectivity index (χ2v) is 9.66. The molecule has 0 spiro atoms. The summed E-state index contributed by atoms with van der Waals surface area (Å²) in [5, 5.41) is 9.43. The molecule has 0 bridgehead atoms. The van der Waals surface area contributed by atoms with Crippen LogP contribution in [0.4, 0.5) is 0 Å². The maximum Gasteiger partial charge on any atom is 0.0705 e. The Morgan fingerprint density at radius 1 is 0.467 bits per heavy atom. The first-order valence-electron chi connectivity index (χ1n) is 14.0. The van der Waals surface area contributed by atoms with E-state index in [1.807, 2.05) is 0 Å². The lowest BCUT2D eigenvalue weighted by Gasteiger charge is -2.35. The van der Waals surface area contributed by atoms with Crippen molar-refractivity contribution in [2.45, 2.75) is 168 Å². The van der Waals surface area contributed by atoms with Crippen LogP contribution in [0, 0.1) is 0 Å². The average molecular weight is 427 g/mol. The Balaban J connectivity index is 4.51. The number of ether oxygens (including phenoxy) is 1. The third-order valence-electron chi connectivity index (χ3n) is 6.71. The highest BCUT2D eigenvalue weighted by Gasteiger charge is 2.29. The van der Waals surface area contributed by atoms with Crippen LogP contribution >= 0.6 is 0 Å². The van der Waals surface area contributed by atoms with Crippen LogP contribution in [-0.2, 0) is 4.74 Å². The fraction of sp³-hybridized carbons (Fsp3) is 1.00. The Bertz CT molecular complexity index is 300. The normalized spacial score (nSPS) is 12.0. The summed E-state index contributed by atoms with van der Waals surface area (Å²) in [6, 6.07) is 0. The van der Waals surface area contributed by atoms with Gasteiger partial charge in [0.25, 0.3) is 0 Å². The van der Waals surface area contributed by atoms with E-state index >= 15 is 0 Å². The summed E-state index contributed by atoms with van der Waals surface area (Å²) in [6.45, 7) is 7.54. The topological polar surface area (TPSA) is 29.5 Å². The zero-order valence-electron chi connectivity index (χ0n) is 21.3. The molecule has 0 atom stereocenters. The molecule has 0 aromatic rings. The van der Waals surface area contributed by atoms with E-state index < -0.39 is 0 Å². The smallest absolute Gasteiger partial charge is 0.0705 e. The van der Waals surface area contributed by atoms with Gasteiger partial charge in [-0.3, -0.25) is 0 Å². The molecule has 0 saturated heterocycles. The highest BCUT2D eigenvalue weighted by Crippen LogP contribution is 2.33. The lowest BCUT2D eigenvalue weighted by atomic mass is 9.84. The molecule has 0 unspecified atom stereocenters. The van der Waals surface area contributed by atoms with Gasteiger partial charge in [0, 0.05) is 0 Å². The number of hydrogen-bond donors (Lipinski definition) is 1. The van der Waals surface area contributed by atoms with E-state index in [-0.39, 0.29) is 12.2 Å². The minimum Gasteiger partial charge on any atom is -0.394 e. The Hall–Kier alpha value is -0.0800. The molecule has 0 amide bonds. The van der Waals surface area contributed by atoms with Crippen molar-refractivity contribution in [2.75, 3.05) is 13.2 Å². The molecule has 30 heavy (non-hydrogen) atoms. The molecule has 1 N–H and O–H groups in total. The molecular formula is C28H58O2. The number of aliphatic hydroxyl groups is 1. The van der Waals surface area contributed by atoms with Gasteiger partial charge in [0.15, 0.2) is 0 Å². The van der Waals surface area contributed by atoms with E-state index in [4.69, 9.17) is 4.74 Å². The van der Waals surface area contributed by atoms with Gasteiger partial charge < -0.3 is 9.84 Å². The van der Waals surface area contributed by atoms with Gasteiger partial charge in [-0.15, -0.1) is 0 Å². The van der Waals surface area contributed by atoms with Crippen LogP contribution in [0.3, 0.4) is 0 Å². The van der Waals surface area contributed by atoms with E-state index in [0.717, 1.165) is 0 Å². The first-order chi connectivity index (χ1) is 14.7. The zero-order chi connectivity index (χ0) is 22.2. The molecule has 0 saturated carbocycles. The van der Waals surface area contributed by atoms with Crippen molar-refractivity contribution in [3.05, 3.63) is 0 Å². The van der Waals surface area contributed by atoms with E-state index in [1.54, 1.807) is 0 Å². The van der Waals surface area contributed by atoms with Crippen molar-refractivity contribution in [3.63, 3.8) is 0 Å². The lowest BCUT2D eigenvalue weighted by Crippen LogP contribution is -2.34. The highest BCUT2D eigenvalue weighted by atomic mass is 16.5. The number of hydrogen-bond acceptors (Lipinski definition) is 2. The molecule has 0 rings (SSSR count). The molecule has 0 aliphatic heterocycles. The van der Waals surface area contributed by atoms with E-state index in [9.17, 15) is 5.11 Å². The van der Waals surface area contributed by atoms with Gasteiger partial charge in [-0.25, -0.2) is 0 Å². The van der Waals surface area contributed by atoms with Crippen LogP contribution in [0.2, 0.25) is 0 Å². The first kappa shape index (κ1) is 29.9. The summed E-state index contributed by atoms with van der Waals surface area (Å²) < 4.78 is 6.43. The van der Waals surface area contributed by atoms with Crippen molar-refractivity contribution >= 4 is 0 Å². The second-order valence-electron chi connectivity index (χ2n) is 9.66. The summed E-state index contributed by atoms with van der Waals surface area (Å²) in [4.78, 5) is 0. The van der Waals surface area contributed by atoms with Gasteiger partial charge in [-0.2, -0.15) is 0 Å². The van der Waals surface area contributed by atoms with Gasteiger partial charge >= 0.3 is 0 Å². The SMILES string of the molecule is CCCCCCCCCC(CCCCCCCC)(CCCCCCCC)OCCO. The molecule has 2 heteroatoms. The molecule has 0 heterocycles. The van der Waals surface area contributed by atoms with Crippen LogP contribution in [0.5, 0.6) is 0 Å². The molecule has 0 aromatic carbocycles. The van der Waals surface area contributed by atoms with Gasteiger partial charge in [0.2, 0.25) is 0 Å². The third-order valence-corrected chi connectivity index (χ3v) is 6.71. The van der Waals surface area contributed by atoms with Crippen LogP contribution in [0.1, 0.15) is 162 Å². The summed E-state index contributed by atoms with van der Waals surface area (Å²) in [6.07, 6.45) is 29.3. The van der Waals surface area contributed by atoms with Crippen LogP contribution in [0.15, 0.2) is 0 Å². The predicted octanol–water partition coefficient (Wildman–Crippen LogP) is 9.38. The quantitative estimate of drug-likeness (QED) is 0.147. The van der Waals surface area contributed by atoms with Crippen molar-refractivity contribution in [1.29, 1.82) is 0 Å². The molecule has 0 fully saturated rings.